The van der Waals surface area contributed by atoms with Crippen LogP contribution in [-0.4, -0.2) is 36.5 Å². The first-order chi connectivity index (χ1) is 10.5. The summed E-state index contributed by atoms with van der Waals surface area (Å²) in [5.41, 5.74) is 0. The Hall–Kier alpha value is -0.810. The Kier molecular flexibility index (Phi) is 8.92. The fourth-order valence-corrected chi connectivity index (χ4v) is 3.61. The second-order valence-corrected chi connectivity index (χ2v) is 7.08. The Balaban J connectivity index is 0.00000264. The SMILES string of the molecule is CC1CC(NC(=O)C(C)NC(=O)CC2CCCCC2)CCN1.Cl. The molecule has 2 fully saturated rings. The molecule has 0 aromatic carbocycles. The number of carbonyl (C=O) groups excluding carboxylic acids is 2. The largest absolute Gasteiger partial charge is 0.351 e. The van der Waals surface area contributed by atoms with Gasteiger partial charge in [-0.3, -0.25) is 9.59 Å². The lowest BCUT2D eigenvalue weighted by Crippen LogP contribution is -2.52. The van der Waals surface area contributed by atoms with Crippen molar-refractivity contribution in [1.82, 2.24) is 16.0 Å². The van der Waals surface area contributed by atoms with E-state index >= 15 is 0 Å². The van der Waals surface area contributed by atoms with Crippen molar-refractivity contribution in [2.24, 2.45) is 5.92 Å². The average Bonchev–Trinajstić information content (AvgIpc) is 2.48. The number of amides is 2. The van der Waals surface area contributed by atoms with Gasteiger partial charge in [0.05, 0.1) is 0 Å². The van der Waals surface area contributed by atoms with Gasteiger partial charge in [-0.1, -0.05) is 19.3 Å². The monoisotopic (exact) mass is 345 g/mol. The topological polar surface area (TPSA) is 70.2 Å². The van der Waals surface area contributed by atoms with Crippen molar-refractivity contribution >= 4 is 24.2 Å². The summed E-state index contributed by atoms with van der Waals surface area (Å²) in [5.74, 6) is 0.471. The fourth-order valence-electron chi connectivity index (χ4n) is 3.61. The molecule has 0 aromatic rings. The van der Waals surface area contributed by atoms with Gasteiger partial charge < -0.3 is 16.0 Å². The Morgan fingerprint density at radius 3 is 2.52 bits per heavy atom. The molecule has 2 rings (SSSR count). The predicted octanol–water partition coefficient (Wildman–Crippen LogP) is 2.14. The molecule has 0 radical (unpaired) electrons. The number of carbonyl (C=O) groups is 2. The fraction of sp³-hybridized carbons (Fsp3) is 0.882. The summed E-state index contributed by atoms with van der Waals surface area (Å²) in [6.45, 7) is 4.85. The van der Waals surface area contributed by atoms with Crippen molar-refractivity contribution < 1.29 is 9.59 Å². The van der Waals surface area contributed by atoms with Crippen molar-refractivity contribution in [1.29, 1.82) is 0 Å². The molecule has 0 aromatic heterocycles. The molecule has 2 amide bonds. The third-order valence-corrected chi connectivity index (χ3v) is 4.94. The lowest BCUT2D eigenvalue weighted by Gasteiger charge is -2.29. The minimum Gasteiger partial charge on any atom is -0.351 e. The van der Waals surface area contributed by atoms with E-state index in [0.717, 1.165) is 32.2 Å². The van der Waals surface area contributed by atoms with Gasteiger partial charge in [0.15, 0.2) is 0 Å². The minimum atomic E-state index is -0.443. The van der Waals surface area contributed by atoms with Crippen LogP contribution in [0.3, 0.4) is 0 Å². The van der Waals surface area contributed by atoms with Gasteiger partial charge in [-0.25, -0.2) is 0 Å². The number of nitrogens with one attached hydrogen (secondary N) is 3. The number of piperidine rings is 1. The molecule has 0 bridgehead atoms. The van der Waals surface area contributed by atoms with E-state index in [1.807, 2.05) is 0 Å². The third-order valence-electron chi connectivity index (χ3n) is 4.94. The van der Waals surface area contributed by atoms with E-state index in [2.05, 4.69) is 22.9 Å². The normalized spacial score (nSPS) is 26.7. The van der Waals surface area contributed by atoms with E-state index in [1.54, 1.807) is 6.92 Å². The summed E-state index contributed by atoms with van der Waals surface area (Å²) in [6, 6.07) is 0.220. The van der Waals surface area contributed by atoms with E-state index < -0.39 is 6.04 Å². The molecule has 1 saturated heterocycles. The highest BCUT2D eigenvalue weighted by atomic mass is 35.5. The van der Waals surface area contributed by atoms with E-state index in [9.17, 15) is 9.59 Å². The van der Waals surface area contributed by atoms with Gasteiger partial charge in [-0.2, -0.15) is 0 Å². The average molecular weight is 346 g/mol. The van der Waals surface area contributed by atoms with Crippen molar-refractivity contribution in [3.05, 3.63) is 0 Å². The zero-order valence-electron chi connectivity index (χ0n) is 14.4. The van der Waals surface area contributed by atoms with Gasteiger partial charge in [-0.05, 0) is 52.0 Å². The molecule has 3 N–H and O–H groups in total. The van der Waals surface area contributed by atoms with Crippen LogP contribution in [0.1, 0.15) is 65.2 Å². The van der Waals surface area contributed by atoms with E-state index in [4.69, 9.17) is 0 Å². The van der Waals surface area contributed by atoms with Crippen molar-refractivity contribution in [3.63, 3.8) is 0 Å². The summed E-state index contributed by atoms with van der Waals surface area (Å²) in [6.07, 6.45) is 8.56. The van der Waals surface area contributed by atoms with Gasteiger partial charge in [0, 0.05) is 18.5 Å². The molecule has 1 heterocycles. The first kappa shape index (κ1) is 20.2. The van der Waals surface area contributed by atoms with Crippen molar-refractivity contribution in [2.45, 2.75) is 83.3 Å². The molecule has 23 heavy (non-hydrogen) atoms. The second-order valence-electron chi connectivity index (χ2n) is 7.08. The molecule has 3 atom stereocenters. The van der Waals surface area contributed by atoms with E-state index in [1.165, 1.54) is 19.3 Å². The molecule has 2 aliphatic rings. The first-order valence-corrected chi connectivity index (χ1v) is 8.87. The van der Waals surface area contributed by atoms with Crippen LogP contribution in [0.15, 0.2) is 0 Å². The number of hydrogen-bond acceptors (Lipinski definition) is 3. The highest BCUT2D eigenvalue weighted by Crippen LogP contribution is 2.26. The van der Waals surface area contributed by atoms with Crippen LogP contribution in [0, 0.1) is 5.92 Å². The second kappa shape index (κ2) is 10.1. The van der Waals surface area contributed by atoms with Gasteiger partial charge in [0.1, 0.15) is 6.04 Å². The molecule has 1 aliphatic heterocycles. The van der Waals surface area contributed by atoms with Crippen LogP contribution in [0.25, 0.3) is 0 Å². The highest BCUT2D eigenvalue weighted by Gasteiger charge is 2.24. The van der Waals surface area contributed by atoms with Crippen LogP contribution in [0.2, 0.25) is 0 Å². The standard InChI is InChI=1S/C17H31N3O2.ClH/c1-12-10-15(8-9-18-12)20-17(22)13(2)19-16(21)11-14-6-4-3-5-7-14;/h12-15,18H,3-11H2,1-2H3,(H,19,21)(H,20,22);1H. The number of hydrogen-bond donors (Lipinski definition) is 3. The van der Waals surface area contributed by atoms with E-state index in [0.29, 0.717) is 18.4 Å². The van der Waals surface area contributed by atoms with Crippen LogP contribution in [0.4, 0.5) is 0 Å². The maximum Gasteiger partial charge on any atom is 0.242 e. The number of halogens is 1. The molecular weight excluding hydrogens is 314 g/mol. The van der Waals surface area contributed by atoms with Crippen molar-refractivity contribution in [3.8, 4) is 0 Å². The summed E-state index contributed by atoms with van der Waals surface area (Å²) in [7, 11) is 0. The molecule has 0 spiro atoms. The van der Waals surface area contributed by atoms with Crippen LogP contribution in [-0.2, 0) is 9.59 Å². The Morgan fingerprint density at radius 2 is 1.87 bits per heavy atom. The Morgan fingerprint density at radius 1 is 1.17 bits per heavy atom. The smallest absolute Gasteiger partial charge is 0.242 e. The maximum absolute atomic E-state index is 12.2. The van der Waals surface area contributed by atoms with Gasteiger partial charge in [-0.15, -0.1) is 12.4 Å². The zero-order chi connectivity index (χ0) is 15.9. The first-order valence-electron chi connectivity index (χ1n) is 8.87. The molecular formula is C17H32ClN3O2. The minimum absolute atomic E-state index is 0. The molecule has 3 unspecified atom stereocenters. The molecule has 6 heteroatoms. The molecule has 1 aliphatic carbocycles. The maximum atomic E-state index is 12.2. The quantitative estimate of drug-likeness (QED) is 0.715. The van der Waals surface area contributed by atoms with Gasteiger partial charge >= 0.3 is 0 Å². The predicted molar refractivity (Wildman–Crippen MR) is 94.7 cm³/mol. The number of rotatable bonds is 5. The van der Waals surface area contributed by atoms with Crippen molar-refractivity contribution in [2.75, 3.05) is 6.54 Å². The summed E-state index contributed by atoms with van der Waals surface area (Å²) >= 11 is 0. The zero-order valence-corrected chi connectivity index (χ0v) is 15.2. The van der Waals surface area contributed by atoms with Gasteiger partial charge in [0.25, 0.3) is 0 Å². The third kappa shape index (κ3) is 7.08. The molecule has 1 saturated carbocycles. The van der Waals surface area contributed by atoms with Crippen LogP contribution in [0.5, 0.6) is 0 Å². The van der Waals surface area contributed by atoms with Crippen LogP contribution >= 0.6 is 12.4 Å². The lowest BCUT2D eigenvalue weighted by atomic mass is 9.87. The summed E-state index contributed by atoms with van der Waals surface area (Å²) in [4.78, 5) is 24.3. The molecule has 5 nitrogen and oxygen atoms in total. The molecule has 134 valence electrons. The Labute approximate surface area is 146 Å². The summed E-state index contributed by atoms with van der Waals surface area (Å²) in [5, 5.41) is 9.30. The lowest BCUT2D eigenvalue weighted by molar-refractivity contribution is -0.129. The van der Waals surface area contributed by atoms with Crippen LogP contribution < -0.4 is 16.0 Å². The van der Waals surface area contributed by atoms with Gasteiger partial charge in [0.2, 0.25) is 11.8 Å². The highest BCUT2D eigenvalue weighted by molar-refractivity contribution is 5.87. The summed E-state index contributed by atoms with van der Waals surface area (Å²) < 4.78 is 0. The van der Waals surface area contributed by atoms with E-state index in [-0.39, 0.29) is 30.3 Å². The Bertz CT molecular complexity index is 386.